The average molecular weight is 370 g/mol. The highest BCUT2D eigenvalue weighted by molar-refractivity contribution is 5.86. The van der Waals surface area contributed by atoms with Crippen molar-refractivity contribution in [3.8, 4) is 0 Å². The summed E-state index contributed by atoms with van der Waals surface area (Å²) in [4.78, 5) is 24.2. The van der Waals surface area contributed by atoms with Gasteiger partial charge in [0.1, 0.15) is 5.82 Å². The Morgan fingerprint density at radius 1 is 1.33 bits per heavy atom. The molecule has 1 aliphatic heterocycles. The molecule has 0 aliphatic carbocycles. The highest BCUT2D eigenvalue weighted by Gasteiger charge is 2.42. The van der Waals surface area contributed by atoms with E-state index in [1.54, 1.807) is 6.20 Å². The number of benzene rings is 1. The van der Waals surface area contributed by atoms with Gasteiger partial charge in [-0.25, -0.2) is 4.98 Å². The van der Waals surface area contributed by atoms with Crippen LogP contribution in [0, 0.1) is 6.92 Å². The van der Waals surface area contributed by atoms with Crippen LogP contribution in [0.2, 0.25) is 0 Å². The van der Waals surface area contributed by atoms with E-state index in [9.17, 15) is 9.90 Å². The fourth-order valence-electron chi connectivity index (χ4n) is 3.85. The van der Waals surface area contributed by atoms with Crippen molar-refractivity contribution in [3.05, 3.63) is 53.6 Å². The number of carbonyl (C=O) groups excluding carboxylic acids is 1. The van der Waals surface area contributed by atoms with Crippen molar-refractivity contribution in [1.82, 2.24) is 19.8 Å². The topological polar surface area (TPSA) is 72.5 Å². The Kier molecular flexibility index (Phi) is 6.29. The standard InChI is InChI=1S/C21H30N4O2/c1-17-14-22-19(23-17)15-24(2)16-21(27)11-7-13-25(20(21)26)12-6-10-18-8-4-3-5-9-18/h3-5,8-9,14,27H,6-7,10-13,15-16H2,1-2H3,(H,22,23). The molecule has 6 nitrogen and oxygen atoms in total. The molecule has 0 saturated carbocycles. The van der Waals surface area contributed by atoms with E-state index in [4.69, 9.17) is 0 Å². The Balaban J connectivity index is 1.52. The molecule has 27 heavy (non-hydrogen) atoms. The predicted molar refractivity (Wildman–Crippen MR) is 105 cm³/mol. The second-order valence-electron chi connectivity index (χ2n) is 7.70. The molecule has 6 heteroatoms. The summed E-state index contributed by atoms with van der Waals surface area (Å²) in [6, 6.07) is 10.3. The van der Waals surface area contributed by atoms with Crippen LogP contribution in [-0.4, -0.2) is 63.1 Å². The molecule has 3 rings (SSSR count). The third-order valence-electron chi connectivity index (χ3n) is 5.15. The summed E-state index contributed by atoms with van der Waals surface area (Å²) in [5.41, 5.74) is 0.989. The van der Waals surface area contributed by atoms with Crippen LogP contribution >= 0.6 is 0 Å². The van der Waals surface area contributed by atoms with Gasteiger partial charge in [0.2, 0.25) is 0 Å². The number of hydrogen-bond acceptors (Lipinski definition) is 4. The van der Waals surface area contributed by atoms with Crippen LogP contribution in [0.15, 0.2) is 36.5 Å². The number of aliphatic hydroxyl groups is 1. The molecule has 1 atom stereocenters. The van der Waals surface area contributed by atoms with Crippen molar-refractivity contribution in [2.75, 3.05) is 26.7 Å². The summed E-state index contributed by atoms with van der Waals surface area (Å²) in [5, 5.41) is 11.0. The first-order chi connectivity index (χ1) is 13.0. The van der Waals surface area contributed by atoms with E-state index in [1.165, 1.54) is 5.56 Å². The molecule has 2 N–H and O–H groups in total. The van der Waals surface area contributed by atoms with E-state index in [0.717, 1.165) is 37.3 Å². The van der Waals surface area contributed by atoms with Gasteiger partial charge < -0.3 is 15.0 Å². The summed E-state index contributed by atoms with van der Waals surface area (Å²) in [6.07, 6.45) is 5.00. The molecule has 1 fully saturated rings. The molecule has 2 aromatic rings. The van der Waals surface area contributed by atoms with Gasteiger partial charge in [-0.2, -0.15) is 0 Å². The van der Waals surface area contributed by atoms with Crippen LogP contribution in [-0.2, 0) is 17.8 Å². The number of hydrogen-bond donors (Lipinski definition) is 2. The quantitative estimate of drug-likeness (QED) is 0.747. The number of piperidine rings is 1. The largest absolute Gasteiger partial charge is 0.379 e. The maximum Gasteiger partial charge on any atom is 0.255 e. The lowest BCUT2D eigenvalue weighted by atomic mass is 9.91. The molecule has 1 aromatic heterocycles. The first-order valence-corrected chi connectivity index (χ1v) is 9.71. The molecule has 146 valence electrons. The number of aryl methyl sites for hydroxylation is 2. The molecule has 2 heterocycles. The van der Waals surface area contributed by atoms with Crippen LogP contribution in [0.1, 0.15) is 36.3 Å². The first kappa shape index (κ1) is 19.6. The summed E-state index contributed by atoms with van der Waals surface area (Å²) in [6.45, 7) is 4.29. The van der Waals surface area contributed by atoms with Gasteiger partial charge in [-0.15, -0.1) is 0 Å². The third kappa shape index (κ3) is 5.17. The fraction of sp³-hybridized carbons (Fsp3) is 0.524. The molecule has 1 aromatic carbocycles. The summed E-state index contributed by atoms with van der Waals surface area (Å²) < 4.78 is 0. The fourth-order valence-corrected chi connectivity index (χ4v) is 3.85. The first-order valence-electron chi connectivity index (χ1n) is 9.71. The minimum Gasteiger partial charge on any atom is -0.379 e. The molecule has 1 unspecified atom stereocenters. The number of rotatable bonds is 8. The lowest BCUT2D eigenvalue weighted by Gasteiger charge is -2.40. The Bertz CT molecular complexity index is 746. The second-order valence-corrected chi connectivity index (χ2v) is 7.70. The summed E-state index contributed by atoms with van der Waals surface area (Å²) in [7, 11) is 1.91. The van der Waals surface area contributed by atoms with Crippen LogP contribution < -0.4 is 0 Å². The molecular weight excluding hydrogens is 340 g/mol. The van der Waals surface area contributed by atoms with E-state index in [1.807, 2.05) is 42.0 Å². The van der Waals surface area contributed by atoms with Gasteiger partial charge in [-0.05, 0) is 45.2 Å². The highest BCUT2D eigenvalue weighted by Crippen LogP contribution is 2.24. The zero-order valence-electron chi connectivity index (χ0n) is 16.3. The zero-order chi connectivity index (χ0) is 19.3. The van der Waals surface area contributed by atoms with Crippen molar-refractivity contribution in [1.29, 1.82) is 0 Å². The number of nitrogens with zero attached hydrogens (tertiary/aromatic N) is 3. The van der Waals surface area contributed by atoms with Crippen molar-refractivity contribution < 1.29 is 9.90 Å². The van der Waals surface area contributed by atoms with Crippen LogP contribution in [0.3, 0.4) is 0 Å². The van der Waals surface area contributed by atoms with Crippen LogP contribution in [0.5, 0.6) is 0 Å². The Hall–Kier alpha value is -2.18. The smallest absolute Gasteiger partial charge is 0.255 e. The van der Waals surface area contributed by atoms with Crippen molar-refractivity contribution in [2.24, 2.45) is 0 Å². The van der Waals surface area contributed by atoms with Gasteiger partial charge >= 0.3 is 0 Å². The number of carbonyl (C=O) groups is 1. The predicted octanol–water partition coefficient (Wildman–Crippen LogP) is 2.14. The lowest BCUT2D eigenvalue weighted by Crippen LogP contribution is -2.58. The number of likely N-dealkylation sites (tertiary alicyclic amines) is 1. The van der Waals surface area contributed by atoms with E-state index < -0.39 is 5.60 Å². The highest BCUT2D eigenvalue weighted by atomic mass is 16.3. The van der Waals surface area contributed by atoms with Crippen molar-refractivity contribution in [3.63, 3.8) is 0 Å². The van der Waals surface area contributed by atoms with E-state index >= 15 is 0 Å². The summed E-state index contributed by atoms with van der Waals surface area (Å²) in [5.74, 6) is 0.714. The van der Waals surface area contributed by atoms with Gasteiger partial charge in [-0.1, -0.05) is 30.3 Å². The number of imidazole rings is 1. The minimum absolute atomic E-state index is 0.135. The molecule has 1 saturated heterocycles. The number of H-pyrrole nitrogens is 1. The average Bonchev–Trinajstić information content (AvgIpc) is 3.04. The summed E-state index contributed by atoms with van der Waals surface area (Å²) >= 11 is 0. The van der Waals surface area contributed by atoms with Crippen LogP contribution in [0.25, 0.3) is 0 Å². The van der Waals surface area contributed by atoms with Gasteiger partial charge in [0.25, 0.3) is 5.91 Å². The maximum atomic E-state index is 12.9. The molecule has 0 bridgehead atoms. The SMILES string of the molecule is Cc1cnc(CN(C)CC2(O)CCCN(CCCc3ccccc3)C2=O)[nH]1. The second kappa shape index (κ2) is 8.67. The third-order valence-corrected chi connectivity index (χ3v) is 5.15. The van der Waals surface area contributed by atoms with E-state index in [2.05, 4.69) is 22.1 Å². The number of aromatic amines is 1. The Labute approximate surface area is 161 Å². The van der Waals surface area contributed by atoms with Crippen molar-refractivity contribution >= 4 is 5.91 Å². The molecular formula is C21H30N4O2. The van der Waals surface area contributed by atoms with Gasteiger partial charge in [-0.3, -0.25) is 9.69 Å². The van der Waals surface area contributed by atoms with E-state index in [-0.39, 0.29) is 5.91 Å². The van der Waals surface area contributed by atoms with E-state index in [0.29, 0.717) is 26.1 Å². The Morgan fingerprint density at radius 2 is 2.11 bits per heavy atom. The number of aromatic nitrogens is 2. The molecule has 0 radical (unpaired) electrons. The van der Waals surface area contributed by atoms with Crippen molar-refractivity contribution in [2.45, 2.75) is 44.8 Å². The van der Waals surface area contributed by atoms with Crippen LogP contribution in [0.4, 0.5) is 0 Å². The monoisotopic (exact) mass is 370 g/mol. The number of nitrogens with one attached hydrogen (secondary N) is 1. The zero-order valence-corrected chi connectivity index (χ0v) is 16.3. The normalized spacial score (nSPS) is 20.4. The van der Waals surface area contributed by atoms with Gasteiger partial charge in [0.15, 0.2) is 5.60 Å². The molecule has 1 amide bonds. The minimum atomic E-state index is -1.30. The number of likely N-dealkylation sites (N-methyl/N-ethyl adjacent to an activating group) is 1. The van der Waals surface area contributed by atoms with Gasteiger partial charge in [0.05, 0.1) is 6.54 Å². The number of amides is 1. The Morgan fingerprint density at radius 3 is 2.81 bits per heavy atom. The van der Waals surface area contributed by atoms with Gasteiger partial charge in [0, 0.05) is 31.5 Å². The maximum absolute atomic E-state index is 12.9. The lowest BCUT2D eigenvalue weighted by molar-refractivity contribution is -0.159. The molecule has 1 aliphatic rings. The molecule has 0 spiro atoms.